The van der Waals surface area contributed by atoms with E-state index in [0.717, 1.165) is 18.6 Å². The van der Waals surface area contributed by atoms with Crippen molar-refractivity contribution in [1.29, 1.82) is 5.26 Å². The first kappa shape index (κ1) is 14.3. The Kier molecular flexibility index (Phi) is 4.17. The fourth-order valence-electron chi connectivity index (χ4n) is 1.45. The Labute approximate surface area is 104 Å². The van der Waals surface area contributed by atoms with Crippen molar-refractivity contribution in [2.45, 2.75) is 32.5 Å². The van der Waals surface area contributed by atoms with Crippen LogP contribution in [0, 0.1) is 11.3 Å². The van der Waals surface area contributed by atoms with E-state index in [-0.39, 0.29) is 17.4 Å². The monoisotopic (exact) mass is 257 g/mol. The summed E-state index contributed by atoms with van der Waals surface area (Å²) in [7, 11) is 1.64. The molecule has 1 rings (SSSR count). The highest BCUT2D eigenvalue weighted by Crippen LogP contribution is 2.30. The lowest BCUT2D eigenvalue weighted by molar-refractivity contribution is -0.141. The van der Waals surface area contributed by atoms with Gasteiger partial charge in [-0.15, -0.1) is 0 Å². The highest BCUT2D eigenvalue weighted by Gasteiger charge is 2.33. The average Bonchev–Trinajstić information content (AvgIpc) is 2.35. The van der Waals surface area contributed by atoms with E-state index < -0.39 is 11.9 Å². The Bertz CT molecular complexity index is 463. The number of anilines is 1. The van der Waals surface area contributed by atoms with Crippen LogP contribution in [0.4, 0.5) is 19.0 Å². The molecule has 1 heterocycles. The lowest BCUT2D eigenvalue weighted by atomic mass is 10.2. The van der Waals surface area contributed by atoms with Crippen molar-refractivity contribution < 1.29 is 13.2 Å². The molecule has 18 heavy (non-hydrogen) atoms. The second-order valence-electron chi connectivity index (χ2n) is 4.05. The minimum absolute atomic E-state index is 0.00748. The van der Waals surface area contributed by atoms with Crippen LogP contribution >= 0.6 is 0 Å². The molecule has 1 aromatic rings. The predicted octanol–water partition coefficient (Wildman–Crippen LogP) is 3.21. The normalized spacial score (nSPS) is 12.9. The molecular weight excluding hydrogens is 243 g/mol. The lowest BCUT2D eigenvalue weighted by Gasteiger charge is -2.26. The zero-order valence-electron chi connectivity index (χ0n) is 10.4. The van der Waals surface area contributed by atoms with Gasteiger partial charge in [-0.1, -0.05) is 6.92 Å². The maximum absolute atomic E-state index is 12.6. The van der Waals surface area contributed by atoms with Gasteiger partial charge in [-0.2, -0.15) is 18.4 Å². The van der Waals surface area contributed by atoms with Crippen molar-refractivity contribution in [2.75, 3.05) is 11.9 Å². The Balaban J connectivity index is 3.28. The van der Waals surface area contributed by atoms with E-state index in [1.54, 1.807) is 11.9 Å². The van der Waals surface area contributed by atoms with Crippen LogP contribution in [-0.2, 0) is 6.18 Å². The van der Waals surface area contributed by atoms with Crippen molar-refractivity contribution in [2.24, 2.45) is 0 Å². The third-order valence-corrected chi connectivity index (χ3v) is 2.87. The van der Waals surface area contributed by atoms with Gasteiger partial charge >= 0.3 is 6.18 Å². The fraction of sp³-hybridized carbons (Fsp3) is 0.500. The number of halogens is 3. The second-order valence-corrected chi connectivity index (χ2v) is 4.05. The summed E-state index contributed by atoms with van der Waals surface area (Å²) in [6, 6.07) is 3.85. The fourth-order valence-corrected chi connectivity index (χ4v) is 1.45. The van der Waals surface area contributed by atoms with Crippen LogP contribution in [0.2, 0.25) is 0 Å². The molecule has 0 radical (unpaired) electrons. The van der Waals surface area contributed by atoms with E-state index in [1.165, 1.54) is 0 Å². The van der Waals surface area contributed by atoms with E-state index in [4.69, 9.17) is 5.26 Å². The van der Waals surface area contributed by atoms with Gasteiger partial charge in [0.15, 0.2) is 0 Å². The standard InChI is InChI=1S/C12H14F3N3/c1-4-8(2)18(3)11-9(7-16)5-6-10(17-11)12(13,14)15/h5-6,8H,4H2,1-3H3. The van der Waals surface area contributed by atoms with Gasteiger partial charge < -0.3 is 4.90 Å². The van der Waals surface area contributed by atoms with Crippen molar-refractivity contribution in [3.05, 3.63) is 23.4 Å². The number of alkyl halides is 3. The Hall–Kier alpha value is -1.77. The van der Waals surface area contributed by atoms with Crippen LogP contribution in [0.25, 0.3) is 0 Å². The van der Waals surface area contributed by atoms with Gasteiger partial charge in [-0.25, -0.2) is 4.98 Å². The molecule has 1 atom stereocenters. The summed E-state index contributed by atoms with van der Waals surface area (Å²) in [5.41, 5.74) is -0.836. The number of nitriles is 1. The number of pyridine rings is 1. The van der Waals surface area contributed by atoms with Crippen LogP contribution in [0.5, 0.6) is 0 Å². The van der Waals surface area contributed by atoms with Crippen LogP contribution in [0.15, 0.2) is 12.1 Å². The summed E-state index contributed by atoms with van der Waals surface area (Å²) in [5.74, 6) is 0.0710. The van der Waals surface area contributed by atoms with Crippen LogP contribution < -0.4 is 4.90 Å². The molecule has 0 N–H and O–H groups in total. The number of aromatic nitrogens is 1. The van der Waals surface area contributed by atoms with Crippen molar-refractivity contribution >= 4 is 5.82 Å². The van der Waals surface area contributed by atoms with Gasteiger partial charge in [0.2, 0.25) is 0 Å². The van der Waals surface area contributed by atoms with Gasteiger partial charge in [0.05, 0.1) is 5.56 Å². The zero-order chi connectivity index (χ0) is 13.9. The average molecular weight is 257 g/mol. The number of nitrogens with zero attached hydrogens (tertiary/aromatic N) is 3. The number of hydrogen-bond acceptors (Lipinski definition) is 3. The van der Waals surface area contributed by atoms with Crippen molar-refractivity contribution in [3.63, 3.8) is 0 Å². The first-order valence-corrected chi connectivity index (χ1v) is 5.52. The van der Waals surface area contributed by atoms with Crippen molar-refractivity contribution in [1.82, 2.24) is 4.98 Å². The van der Waals surface area contributed by atoms with E-state index in [2.05, 4.69) is 4.98 Å². The molecule has 0 amide bonds. The minimum Gasteiger partial charge on any atom is -0.356 e. The minimum atomic E-state index is -4.50. The van der Waals surface area contributed by atoms with Crippen LogP contribution in [-0.4, -0.2) is 18.1 Å². The summed E-state index contributed by atoms with van der Waals surface area (Å²) in [5, 5.41) is 8.92. The molecule has 0 aliphatic carbocycles. The maximum atomic E-state index is 12.6. The SMILES string of the molecule is CCC(C)N(C)c1nc(C(F)(F)F)ccc1C#N. The second kappa shape index (κ2) is 5.25. The third kappa shape index (κ3) is 2.92. The Morgan fingerprint density at radius 3 is 2.50 bits per heavy atom. The zero-order valence-corrected chi connectivity index (χ0v) is 10.4. The molecular formula is C12H14F3N3. The first-order chi connectivity index (χ1) is 8.31. The first-order valence-electron chi connectivity index (χ1n) is 5.52. The van der Waals surface area contributed by atoms with Gasteiger partial charge in [0.1, 0.15) is 17.6 Å². The quantitative estimate of drug-likeness (QED) is 0.834. The molecule has 0 fully saturated rings. The van der Waals surface area contributed by atoms with Gasteiger partial charge in [-0.05, 0) is 25.5 Å². The Morgan fingerprint density at radius 2 is 2.06 bits per heavy atom. The Morgan fingerprint density at radius 1 is 1.44 bits per heavy atom. The van der Waals surface area contributed by atoms with Gasteiger partial charge in [0.25, 0.3) is 0 Å². The van der Waals surface area contributed by atoms with E-state index >= 15 is 0 Å². The van der Waals surface area contributed by atoms with Crippen LogP contribution in [0.1, 0.15) is 31.5 Å². The topological polar surface area (TPSA) is 39.9 Å². The summed E-state index contributed by atoms with van der Waals surface area (Å²) in [6.07, 6.45) is -3.75. The van der Waals surface area contributed by atoms with E-state index in [0.29, 0.717) is 0 Å². The largest absolute Gasteiger partial charge is 0.433 e. The van der Waals surface area contributed by atoms with E-state index in [9.17, 15) is 13.2 Å². The number of hydrogen-bond donors (Lipinski definition) is 0. The van der Waals surface area contributed by atoms with Crippen molar-refractivity contribution in [3.8, 4) is 6.07 Å². The predicted molar refractivity (Wildman–Crippen MR) is 62.1 cm³/mol. The maximum Gasteiger partial charge on any atom is 0.433 e. The molecule has 1 aromatic heterocycles. The summed E-state index contributed by atoms with van der Waals surface area (Å²) in [6.45, 7) is 3.78. The highest BCUT2D eigenvalue weighted by molar-refractivity contribution is 5.54. The molecule has 0 saturated carbocycles. The van der Waals surface area contributed by atoms with Gasteiger partial charge in [-0.3, -0.25) is 0 Å². The summed E-state index contributed by atoms with van der Waals surface area (Å²) >= 11 is 0. The van der Waals surface area contributed by atoms with Crippen LogP contribution in [0.3, 0.4) is 0 Å². The van der Waals surface area contributed by atoms with E-state index in [1.807, 2.05) is 19.9 Å². The lowest BCUT2D eigenvalue weighted by Crippen LogP contribution is -2.30. The molecule has 0 aromatic carbocycles. The molecule has 3 nitrogen and oxygen atoms in total. The molecule has 0 spiro atoms. The molecule has 6 heteroatoms. The molecule has 0 bridgehead atoms. The smallest absolute Gasteiger partial charge is 0.356 e. The summed E-state index contributed by atoms with van der Waals surface area (Å²) < 4.78 is 37.8. The molecule has 98 valence electrons. The highest BCUT2D eigenvalue weighted by atomic mass is 19.4. The molecule has 0 aliphatic rings. The summed E-state index contributed by atoms with van der Waals surface area (Å²) in [4.78, 5) is 5.15. The third-order valence-electron chi connectivity index (χ3n) is 2.87. The molecule has 1 unspecified atom stereocenters. The number of rotatable bonds is 3. The van der Waals surface area contributed by atoms with Gasteiger partial charge in [0, 0.05) is 13.1 Å². The molecule has 0 aliphatic heterocycles. The molecule has 0 saturated heterocycles.